The number of aliphatic hydroxyl groups is 1. The largest absolute Gasteiger partial charge is 0.472 e. The van der Waals surface area contributed by atoms with Gasteiger partial charge in [0.15, 0.2) is 12.2 Å². The highest BCUT2D eigenvalue weighted by atomic mass is 31.2. The van der Waals surface area contributed by atoms with E-state index in [1.807, 2.05) is 0 Å². The van der Waals surface area contributed by atoms with Crippen molar-refractivity contribution in [2.45, 2.75) is 412 Å². The van der Waals surface area contributed by atoms with Crippen molar-refractivity contribution in [1.82, 2.24) is 0 Å². The second-order valence-electron chi connectivity index (χ2n) is 27.4. The molecule has 2 unspecified atom stereocenters. The number of aliphatic hydroxyl groups excluding tert-OH is 1. The lowest BCUT2D eigenvalue weighted by atomic mass is 10.0. The highest BCUT2D eigenvalue weighted by molar-refractivity contribution is 7.47. The Morgan fingerprint density at radius 3 is 0.753 bits per heavy atom. The van der Waals surface area contributed by atoms with Crippen LogP contribution in [0.25, 0.3) is 0 Å². The Morgan fingerprint density at radius 1 is 0.289 bits per heavy atom. The van der Waals surface area contributed by atoms with Gasteiger partial charge in [0.05, 0.1) is 26.4 Å². The van der Waals surface area contributed by atoms with Crippen LogP contribution in [-0.4, -0.2) is 96.7 Å². The summed E-state index contributed by atoms with van der Waals surface area (Å²) in [5, 5.41) is 10.6. The van der Waals surface area contributed by atoms with Crippen molar-refractivity contribution < 1.29 is 80.2 Å². The molecule has 0 rings (SSSR count). The first-order valence-corrected chi connectivity index (χ1v) is 43.1. The molecule has 0 aromatic heterocycles. The predicted molar refractivity (Wildman–Crippen MR) is 395 cm³/mol. The third kappa shape index (κ3) is 71.7. The fourth-order valence-electron chi connectivity index (χ4n) is 11.6. The van der Waals surface area contributed by atoms with Crippen LogP contribution in [0.1, 0.15) is 394 Å². The Hall–Kier alpha value is -2.46. The molecular weight excluding hydrogens is 1270 g/mol. The van der Waals surface area contributed by atoms with Crippen molar-refractivity contribution in [2.24, 2.45) is 0 Å². The van der Waals surface area contributed by atoms with E-state index in [-0.39, 0.29) is 25.7 Å². The van der Waals surface area contributed by atoms with Gasteiger partial charge in [-0.05, 0) is 51.4 Å². The van der Waals surface area contributed by atoms with E-state index in [4.69, 9.17) is 37.0 Å². The maximum absolute atomic E-state index is 13.1. The molecule has 17 nitrogen and oxygen atoms in total. The Morgan fingerprint density at radius 2 is 0.495 bits per heavy atom. The SMILES string of the molecule is CCCCCC/C=C\C=C/CCCCCCCC(=O)OC[C@H](COP(=O)(O)OC[C@@H](O)COP(=O)(O)OC[C@@H](COC(=O)CCCCCCCCCCCCCC)OC(=O)CCCCCCCCCCCCCCCC)OC(=O)CCCCCCCCCCCCCCCCCC. The lowest BCUT2D eigenvalue weighted by Gasteiger charge is -2.21. The molecule has 19 heteroatoms. The van der Waals surface area contributed by atoms with Gasteiger partial charge in [-0.25, -0.2) is 9.13 Å². The van der Waals surface area contributed by atoms with Crippen LogP contribution in [0.3, 0.4) is 0 Å². The normalized spacial score (nSPS) is 14.0. The first-order chi connectivity index (χ1) is 47.2. The number of ether oxygens (including phenoxy) is 4. The average Bonchev–Trinajstić information content (AvgIpc) is 1.93. The van der Waals surface area contributed by atoms with Crippen LogP contribution in [0.2, 0.25) is 0 Å². The number of phosphoric ester groups is 2. The molecule has 0 amide bonds. The molecular formula is C78H148O17P2. The summed E-state index contributed by atoms with van der Waals surface area (Å²) in [6, 6.07) is 0. The third-order valence-corrected chi connectivity index (χ3v) is 19.6. The smallest absolute Gasteiger partial charge is 0.462 e. The number of hydrogen-bond acceptors (Lipinski definition) is 15. The van der Waals surface area contributed by atoms with E-state index in [2.05, 4.69) is 52.0 Å². The predicted octanol–water partition coefficient (Wildman–Crippen LogP) is 23.0. The van der Waals surface area contributed by atoms with Crippen molar-refractivity contribution in [2.75, 3.05) is 39.6 Å². The number of phosphoric acid groups is 2. The van der Waals surface area contributed by atoms with Crippen molar-refractivity contribution in [3.63, 3.8) is 0 Å². The summed E-state index contributed by atoms with van der Waals surface area (Å²) in [5.74, 6) is -2.14. The van der Waals surface area contributed by atoms with Gasteiger partial charge in [0, 0.05) is 25.7 Å². The number of hydrogen-bond donors (Lipinski definition) is 3. The average molecular weight is 1420 g/mol. The molecule has 5 atom stereocenters. The summed E-state index contributed by atoms with van der Waals surface area (Å²) >= 11 is 0. The lowest BCUT2D eigenvalue weighted by Crippen LogP contribution is -2.30. The maximum Gasteiger partial charge on any atom is 0.472 e. The summed E-state index contributed by atoms with van der Waals surface area (Å²) in [6.07, 6.45) is 65.8. The quantitative estimate of drug-likeness (QED) is 0.0169. The molecule has 0 bridgehead atoms. The molecule has 0 aromatic rings. The zero-order valence-corrected chi connectivity index (χ0v) is 64.3. The Balaban J connectivity index is 5.29. The van der Waals surface area contributed by atoms with E-state index in [0.717, 1.165) is 109 Å². The second kappa shape index (κ2) is 71.9. The minimum atomic E-state index is -4.96. The summed E-state index contributed by atoms with van der Waals surface area (Å²) < 4.78 is 68.6. The maximum atomic E-state index is 13.1. The molecule has 0 saturated heterocycles. The molecule has 0 saturated carbocycles. The zero-order chi connectivity index (χ0) is 71.1. The first kappa shape index (κ1) is 94.5. The first-order valence-electron chi connectivity index (χ1n) is 40.1. The minimum Gasteiger partial charge on any atom is -0.462 e. The van der Waals surface area contributed by atoms with Crippen molar-refractivity contribution in [3.05, 3.63) is 24.3 Å². The highest BCUT2D eigenvalue weighted by Gasteiger charge is 2.30. The van der Waals surface area contributed by atoms with Gasteiger partial charge in [-0.2, -0.15) is 0 Å². The lowest BCUT2D eigenvalue weighted by molar-refractivity contribution is -0.161. The van der Waals surface area contributed by atoms with Gasteiger partial charge < -0.3 is 33.8 Å². The van der Waals surface area contributed by atoms with Crippen LogP contribution >= 0.6 is 15.6 Å². The molecule has 0 aliphatic heterocycles. The molecule has 0 aromatic carbocycles. The summed E-state index contributed by atoms with van der Waals surface area (Å²) in [4.78, 5) is 72.9. The van der Waals surface area contributed by atoms with Crippen LogP contribution in [0.4, 0.5) is 0 Å². The molecule has 0 aliphatic rings. The number of unbranched alkanes of at least 4 members (excludes halogenated alkanes) is 48. The van der Waals surface area contributed by atoms with Crippen LogP contribution in [0, 0.1) is 0 Å². The third-order valence-electron chi connectivity index (χ3n) is 17.7. The Labute approximate surface area is 592 Å². The van der Waals surface area contributed by atoms with E-state index in [0.29, 0.717) is 25.7 Å². The number of carbonyl (C=O) groups is 4. The summed E-state index contributed by atoms with van der Waals surface area (Å²) in [5.41, 5.74) is 0. The van der Waals surface area contributed by atoms with Gasteiger partial charge >= 0.3 is 39.5 Å². The highest BCUT2D eigenvalue weighted by Crippen LogP contribution is 2.45. The molecule has 572 valence electrons. The molecule has 97 heavy (non-hydrogen) atoms. The Bertz CT molecular complexity index is 1940. The summed E-state index contributed by atoms with van der Waals surface area (Å²) in [6.45, 7) is 4.95. The van der Waals surface area contributed by atoms with E-state index >= 15 is 0 Å². The molecule has 0 fully saturated rings. The van der Waals surface area contributed by atoms with Gasteiger partial charge in [0.25, 0.3) is 0 Å². The topological polar surface area (TPSA) is 237 Å². The van der Waals surface area contributed by atoms with Crippen LogP contribution < -0.4 is 0 Å². The van der Waals surface area contributed by atoms with Gasteiger partial charge in [0.1, 0.15) is 19.3 Å². The number of rotatable bonds is 77. The molecule has 0 spiro atoms. The number of esters is 4. The van der Waals surface area contributed by atoms with Gasteiger partial charge in [-0.3, -0.25) is 37.3 Å². The van der Waals surface area contributed by atoms with Crippen molar-refractivity contribution in [1.29, 1.82) is 0 Å². The second-order valence-corrected chi connectivity index (χ2v) is 30.3. The summed E-state index contributed by atoms with van der Waals surface area (Å²) in [7, 11) is -9.92. The van der Waals surface area contributed by atoms with Gasteiger partial charge in [-0.15, -0.1) is 0 Å². The van der Waals surface area contributed by atoms with Crippen LogP contribution in [0.5, 0.6) is 0 Å². The zero-order valence-electron chi connectivity index (χ0n) is 62.5. The fraction of sp³-hybridized carbons (Fsp3) is 0.897. The standard InChI is InChI=1S/C78H148O17P2/c1-5-9-13-17-21-25-29-33-36-38-41-45-49-53-57-61-65-78(83)95-74(69-89-76(81)63-59-55-51-47-43-40-37-34-30-26-22-18-14-10-6-2)71-93-97(86,87)91-67-72(79)66-90-96(84,85)92-70-73(68-88-75(80)62-58-54-50-46-42-32-28-24-20-16-12-8-4)94-77(82)64-60-56-52-48-44-39-35-31-27-23-19-15-11-7-3/h26,30,34,37,72-74,79H,5-25,27-29,31-33,35-36,38-71H2,1-4H3,(H,84,85)(H,86,87)/b30-26-,37-34-/t72-,73+,74+/m0/s1. The molecule has 0 heterocycles. The number of carbonyl (C=O) groups excluding carboxylic acids is 4. The van der Waals surface area contributed by atoms with E-state index < -0.39 is 97.5 Å². The molecule has 3 N–H and O–H groups in total. The van der Waals surface area contributed by atoms with Gasteiger partial charge in [0.2, 0.25) is 0 Å². The molecule has 0 radical (unpaired) electrons. The number of allylic oxidation sites excluding steroid dienone is 4. The van der Waals surface area contributed by atoms with Gasteiger partial charge in [-0.1, -0.05) is 341 Å². The van der Waals surface area contributed by atoms with Crippen LogP contribution in [0.15, 0.2) is 24.3 Å². The van der Waals surface area contributed by atoms with E-state index in [1.165, 1.54) is 205 Å². The van der Waals surface area contributed by atoms with E-state index in [9.17, 15) is 43.2 Å². The fourth-order valence-corrected chi connectivity index (χ4v) is 13.1. The van der Waals surface area contributed by atoms with Crippen molar-refractivity contribution >= 4 is 39.5 Å². The van der Waals surface area contributed by atoms with Crippen molar-refractivity contribution in [3.8, 4) is 0 Å². The van der Waals surface area contributed by atoms with E-state index in [1.54, 1.807) is 0 Å². The monoisotopic (exact) mass is 1420 g/mol. The molecule has 0 aliphatic carbocycles. The van der Waals surface area contributed by atoms with Crippen LogP contribution in [-0.2, 0) is 65.4 Å². The minimum absolute atomic E-state index is 0.102. The Kier molecular flexibility index (Phi) is 70.1.